The van der Waals surface area contributed by atoms with E-state index < -0.39 is 24.0 Å². The fourth-order valence-corrected chi connectivity index (χ4v) is 2.47. The van der Waals surface area contributed by atoms with E-state index >= 15 is 0 Å². The van der Waals surface area contributed by atoms with E-state index in [0.29, 0.717) is 18.6 Å². The van der Waals surface area contributed by atoms with Crippen LogP contribution in [0.4, 0.5) is 13.2 Å². The van der Waals surface area contributed by atoms with Crippen LogP contribution in [0.5, 0.6) is 0 Å². The molecule has 1 aliphatic heterocycles. The molecule has 19 heavy (non-hydrogen) atoms. The van der Waals surface area contributed by atoms with Crippen LogP contribution in [0, 0.1) is 12.8 Å². The van der Waals surface area contributed by atoms with Crippen LogP contribution in [0.1, 0.15) is 30.1 Å². The van der Waals surface area contributed by atoms with E-state index in [9.17, 15) is 18.0 Å². The van der Waals surface area contributed by atoms with Crippen LogP contribution in [0.3, 0.4) is 0 Å². The molecule has 1 saturated heterocycles. The summed E-state index contributed by atoms with van der Waals surface area (Å²) in [6.45, 7) is 2.20. The fraction of sp³-hybridized carbons (Fsp3) is 0.500. The Kier molecular flexibility index (Phi) is 3.94. The van der Waals surface area contributed by atoms with E-state index in [4.69, 9.17) is 4.74 Å². The Balaban J connectivity index is 2.32. The van der Waals surface area contributed by atoms with Crippen LogP contribution in [0.2, 0.25) is 0 Å². The van der Waals surface area contributed by atoms with Gasteiger partial charge in [0.2, 0.25) is 5.78 Å². The molecule has 1 aliphatic rings. The monoisotopic (exact) mass is 272 g/mol. The average Bonchev–Trinajstić information content (AvgIpc) is 2.37. The predicted octanol–water partition coefficient (Wildman–Crippen LogP) is 3.59. The maximum atomic E-state index is 12.6. The number of carbonyl (C=O) groups is 1. The zero-order valence-electron chi connectivity index (χ0n) is 10.5. The maximum absolute atomic E-state index is 12.6. The minimum absolute atomic E-state index is 0.220. The number of halogens is 3. The lowest BCUT2D eigenvalue weighted by molar-refractivity contribution is -0.183. The van der Waals surface area contributed by atoms with Gasteiger partial charge in [-0.1, -0.05) is 24.3 Å². The predicted molar refractivity (Wildman–Crippen MR) is 63.7 cm³/mol. The molecule has 2 atom stereocenters. The Morgan fingerprint density at radius 2 is 2.00 bits per heavy atom. The summed E-state index contributed by atoms with van der Waals surface area (Å²) in [4.78, 5) is 11.5. The van der Waals surface area contributed by atoms with E-state index in [1.807, 2.05) is 19.1 Å². The molecule has 0 N–H and O–H groups in total. The van der Waals surface area contributed by atoms with Crippen LogP contribution < -0.4 is 0 Å². The Labute approximate surface area is 109 Å². The van der Waals surface area contributed by atoms with Crippen LogP contribution in [-0.4, -0.2) is 18.6 Å². The van der Waals surface area contributed by atoms with Crippen LogP contribution >= 0.6 is 0 Å². The minimum Gasteiger partial charge on any atom is -0.373 e. The third kappa shape index (κ3) is 2.97. The highest BCUT2D eigenvalue weighted by molar-refractivity contribution is 5.87. The first-order chi connectivity index (χ1) is 8.91. The normalized spacial score (nSPS) is 24.2. The Hall–Kier alpha value is -1.36. The molecule has 0 aliphatic carbocycles. The van der Waals surface area contributed by atoms with Gasteiger partial charge in [-0.3, -0.25) is 4.79 Å². The molecule has 0 bridgehead atoms. The minimum atomic E-state index is -4.80. The SMILES string of the molecule is Cc1ccccc1[C@H]1OCCC[C@H]1C(=O)C(F)(F)F. The van der Waals surface area contributed by atoms with Crippen LogP contribution in [0.15, 0.2) is 24.3 Å². The molecule has 1 aromatic rings. The third-order valence-corrected chi connectivity index (χ3v) is 3.43. The summed E-state index contributed by atoms with van der Waals surface area (Å²) >= 11 is 0. The number of alkyl halides is 3. The molecule has 0 unspecified atom stereocenters. The number of aryl methyl sites for hydroxylation is 1. The van der Waals surface area contributed by atoms with Gasteiger partial charge in [0.25, 0.3) is 0 Å². The van der Waals surface area contributed by atoms with Crippen molar-refractivity contribution in [1.82, 2.24) is 0 Å². The first-order valence-electron chi connectivity index (χ1n) is 6.19. The number of benzene rings is 1. The fourth-order valence-electron chi connectivity index (χ4n) is 2.47. The number of carbonyl (C=O) groups excluding carboxylic acids is 1. The van der Waals surface area contributed by atoms with Crippen molar-refractivity contribution in [2.75, 3.05) is 6.61 Å². The molecule has 2 rings (SSSR count). The van der Waals surface area contributed by atoms with Crippen molar-refractivity contribution in [3.63, 3.8) is 0 Å². The smallest absolute Gasteiger partial charge is 0.373 e. The molecule has 1 fully saturated rings. The van der Waals surface area contributed by atoms with Gasteiger partial charge in [0, 0.05) is 6.61 Å². The number of hydrogen-bond donors (Lipinski definition) is 0. The lowest BCUT2D eigenvalue weighted by atomic mass is 9.84. The van der Waals surface area contributed by atoms with Gasteiger partial charge in [-0.05, 0) is 30.9 Å². The molecule has 1 aromatic carbocycles. The first-order valence-corrected chi connectivity index (χ1v) is 6.19. The number of ketones is 1. The van der Waals surface area contributed by atoms with Gasteiger partial charge in [0.05, 0.1) is 12.0 Å². The molecular formula is C14H15F3O2. The molecule has 5 heteroatoms. The van der Waals surface area contributed by atoms with Gasteiger partial charge in [0.1, 0.15) is 0 Å². The Morgan fingerprint density at radius 3 is 2.63 bits per heavy atom. The van der Waals surface area contributed by atoms with Crippen molar-refractivity contribution in [3.8, 4) is 0 Å². The molecule has 104 valence electrons. The van der Waals surface area contributed by atoms with Gasteiger partial charge in [0.15, 0.2) is 0 Å². The molecule has 2 nitrogen and oxygen atoms in total. The van der Waals surface area contributed by atoms with E-state index in [1.54, 1.807) is 12.1 Å². The van der Waals surface area contributed by atoms with Gasteiger partial charge in [-0.15, -0.1) is 0 Å². The second kappa shape index (κ2) is 5.33. The second-order valence-electron chi connectivity index (χ2n) is 4.76. The van der Waals surface area contributed by atoms with Crippen molar-refractivity contribution in [2.24, 2.45) is 5.92 Å². The molecule has 0 aromatic heterocycles. The molecule has 0 saturated carbocycles. The van der Waals surface area contributed by atoms with Crippen molar-refractivity contribution in [3.05, 3.63) is 35.4 Å². The summed E-state index contributed by atoms with van der Waals surface area (Å²) in [5.74, 6) is -2.81. The lowest BCUT2D eigenvalue weighted by Gasteiger charge is -2.32. The zero-order valence-corrected chi connectivity index (χ0v) is 10.5. The van der Waals surface area contributed by atoms with Gasteiger partial charge in [-0.25, -0.2) is 0 Å². The van der Waals surface area contributed by atoms with Crippen molar-refractivity contribution < 1.29 is 22.7 Å². The van der Waals surface area contributed by atoms with Gasteiger partial charge >= 0.3 is 6.18 Å². The Morgan fingerprint density at radius 1 is 1.32 bits per heavy atom. The lowest BCUT2D eigenvalue weighted by Crippen LogP contribution is -2.37. The molecule has 1 heterocycles. The van der Waals surface area contributed by atoms with Gasteiger partial charge in [-0.2, -0.15) is 13.2 Å². The molecular weight excluding hydrogens is 257 g/mol. The second-order valence-corrected chi connectivity index (χ2v) is 4.76. The third-order valence-electron chi connectivity index (χ3n) is 3.43. The first kappa shape index (κ1) is 14.1. The van der Waals surface area contributed by atoms with Crippen molar-refractivity contribution >= 4 is 5.78 Å². The quantitative estimate of drug-likeness (QED) is 0.822. The number of ether oxygens (including phenoxy) is 1. The summed E-state index contributed by atoms with van der Waals surface area (Å²) in [6.07, 6.45) is -4.89. The summed E-state index contributed by atoms with van der Waals surface area (Å²) < 4.78 is 43.3. The number of rotatable bonds is 2. The van der Waals surface area contributed by atoms with Crippen LogP contribution in [0.25, 0.3) is 0 Å². The van der Waals surface area contributed by atoms with Crippen LogP contribution in [-0.2, 0) is 9.53 Å². The van der Waals surface area contributed by atoms with E-state index in [1.165, 1.54) is 0 Å². The average molecular weight is 272 g/mol. The highest BCUT2D eigenvalue weighted by Crippen LogP contribution is 2.39. The molecule has 0 spiro atoms. The number of Topliss-reactive ketones (excluding diaryl/α,β-unsaturated/α-hetero) is 1. The summed E-state index contributed by atoms with van der Waals surface area (Å²) in [7, 11) is 0. The van der Waals surface area contributed by atoms with E-state index in [-0.39, 0.29) is 6.42 Å². The Bertz CT molecular complexity index is 468. The van der Waals surface area contributed by atoms with E-state index in [0.717, 1.165) is 5.56 Å². The van der Waals surface area contributed by atoms with Gasteiger partial charge < -0.3 is 4.74 Å². The maximum Gasteiger partial charge on any atom is 0.450 e. The summed E-state index contributed by atoms with van der Waals surface area (Å²) in [5, 5.41) is 0. The summed E-state index contributed by atoms with van der Waals surface area (Å²) in [6, 6.07) is 7.09. The van der Waals surface area contributed by atoms with Crippen molar-refractivity contribution in [2.45, 2.75) is 32.0 Å². The highest BCUT2D eigenvalue weighted by atomic mass is 19.4. The standard InChI is InChI=1S/C14H15F3O2/c1-9-5-2-3-6-10(9)12-11(7-4-8-19-12)13(18)14(15,16)17/h2-3,5-6,11-12H,4,7-8H2,1H3/t11-,12-/m1/s1. The summed E-state index contributed by atoms with van der Waals surface area (Å²) in [5.41, 5.74) is 1.51. The number of hydrogen-bond acceptors (Lipinski definition) is 2. The topological polar surface area (TPSA) is 26.3 Å². The zero-order chi connectivity index (χ0) is 14.0. The molecule has 0 radical (unpaired) electrons. The molecule has 0 amide bonds. The van der Waals surface area contributed by atoms with Crippen molar-refractivity contribution in [1.29, 1.82) is 0 Å². The van der Waals surface area contributed by atoms with E-state index in [2.05, 4.69) is 0 Å². The largest absolute Gasteiger partial charge is 0.450 e. The highest BCUT2D eigenvalue weighted by Gasteiger charge is 2.47.